The van der Waals surface area contributed by atoms with Crippen LogP contribution in [-0.2, 0) is 4.74 Å². The van der Waals surface area contributed by atoms with Gasteiger partial charge < -0.3 is 19.0 Å². The highest BCUT2D eigenvalue weighted by Crippen LogP contribution is 2.41. The lowest BCUT2D eigenvalue weighted by Crippen LogP contribution is -2.40. The van der Waals surface area contributed by atoms with E-state index in [4.69, 9.17) is 9.15 Å². The van der Waals surface area contributed by atoms with Gasteiger partial charge in [0.1, 0.15) is 0 Å². The molecule has 0 spiro atoms. The van der Waals surface area contributed by atoms with E-state index in [1.165, 1.54) is 0 Å². The minimum Gasteiger partial charge on any atom is -0.436 e. The number of aryl methyl sites for hydroxylation is 2. The van der Waals surface area contributed by atoms with E-state index in [1.54, 1.807) is 25.2 Å². The van der Waals surface area contributed by atoms with Crippen LogP contribution in [0.25, 0.3) is 10.1 Å². The third-order valence-corrected chi connectivity index (χ3v) is 7.28. The Hall–Kier alpha value is -2.71. The summed E-state index contributed by atoms with van der Waals surface area (Å²) in [5.74, 6) is 0.883. The first-order chi connectivity index (χ1) is 15.0. The minimum absolute atomic E-state index is 0.0750. The first-order valence-corrected chi connectivity index (χ1v) is 11.5. The zero-order valence-corrected chi connectivity index (χ0v) is 18.5. The number of fused-ring (bicyclic) bond motifs is 1. The summed E-state index contributed by atoms with van der Waals surface area (Å²) in [6, 6.07) is 8.18. The van der Waals surface area contributed by atoms with Gasteiger partial charge in [-0.3, -0.25) is 9.59 Å². The Morgan fingerprint density at radius 1 is 1.06 bits per heavy atom. The van der Waals surface area contributed by atoms with Crippen molar-refractivity contribution in [3.63, 3.8) is 0 Å². The molecule has 0 unspecified atom stereocenters. The predicted molar refractivity (Wildman–Crippen MR) is 118 cm³/mol. The second kappa shape index (κ2) is 8.09. The normalized spacial score (nSPS) is 19.4. The molecular formula is C23H25N3O4S. The summed E-state index contributed by atoms with van der Waals surface area (Å²) < 4.78 is 12.1. The van der Waals surface area contributed by atoms with Gasteiger partial charge in [-0.25, -0.2) is 4.98 Å². The summed E-state index contributed by atoms with van der Waals surface area (Å²) in [4.78, 5) is 35.2. The molecule has 1 aromatic carbocycles. The molecule has 2 aliphatic rings. The summed E-state index contributed by atoms with van der Waals surface area (Å²) in [7, 11) is 0. The Balaban J connectivity index is 1.46. The van der Waals surface area contributed by atoms with E-state index < -0.39 is 0 Å². The van der Waals surface area contributed by atoms with Gasteiger partial charge in [0.25, 0.3) is 11.8 Å². The molecule has 0 N–H and O–H groups in total. The molecule has 31 heavy (non-hydrogen) atoms. The number of amides is 2. The van der Waals surface area contributed by atoms with E-state index in [-0.39, 0.29) is 17.7 Å². The van der Waals surface area contributed by atoms with Crippen LogP contribution in [0.2, 0.25) is 0 Å². The molecule has 0 aliphatic carbocycles. The number of carbonyl (C=O) groups is 2. The van der Waals surface area contributed by atoms with Crippen LogP contribution in [0.5, 0.6) is 0 Å². The highest BCUT2D eigenvalue weighted by Gasteiger charge is 2.35. The first kappa shape index (κ1) is 20.2. The smallest absolute Gasteiger partial charge is 0.291 e. The highest BCUT2D eigenvalue weighted by molar-refractivity contribution is 7.21. The standard InChI is InChI=1S/C23H25N3O4S/c1-14-20(30-15(2)24-14)22(27)26-8-7-16(13-26)19-17-5-3-4-6-18(17)31-21(19)23(28)25-9-11-29-12-10-25/h3-6,16H,7-13H2,1-2H3/t16-/m0/s1. The second-order valence-corrected chi connectivity index (χ2v) is 9.18. The fourth-order valence-corrected chi connectivity index (χ4v) is 5.85. The molecular weight excluding hydrogens is 414 g/mol. The van der Waals surface area contributed by atoms with E-state index in [1.807, 2.05) is 21.9 Å². The van der Waals surface area contributed by atoms with E-state index >= 15 is 0 Å². The molecule has 0 radical (unpaired) electrons. The molecule has 3 aromatic rings. The largest absolute Gasteiger partial charge is 0.436 e. The number of ether oxygens (including phenoxy) is 1. The van der Waals surface area contributed by atoms with Crippen molar-refractivity contribution >= 4 is 33.2 Å². The Labute approximate surface area is 184 Å². The third kappa shape index (κ3) is 3.64. The van der Waals surface area contributed by atoms with Crippen molar-refractivity contribution in [2.45, 2.75) is 26.2 Å². The molecule has 7 nitrogen and oxygen atoms in total. The molecule has 2 saturated heterocycles. The van der Waals surface area contributed by atoms with Crippen molar-refractivity contribution < 1.29 is 18.7 Å². The van der Waals surface area contributed by atoms with Gasteiger partial charge in [-0.2, -0.15) is 0 Å². The van der Waals surface area contributed by atoms with E-state index in [9.17, 15) is 9.59 Å². The maximum absolute atomic E-state index is 13.4. The fraction of sp³-hybridized carbons (Fsp3) is 0.435. The quantitative estimate of drug-likeness (QED) is 0.623. The Bertz CT molecular complexity index is 1150. The number of thiophene rings is 1. The lowest BCUT2D eigenvalue weighted by Gasteiger charge is -2.27. The van der Waals surface area contributed by atoms with Crippen molar-refractivity contribution in [1.29, 1.82) is 0 Å². The van der Waals surface area contributed by atoms with Gasteiger partial charge in [-0.15, -0.1) is 11.3 Å². The molecule has 162 valence electrons. The number of aromatic nitrogens is 1. The van der Waals surface area contributed by atoms with Gasteiger partial charge >= 0.3 is 0 Å². The Kier molecular flexibility index (Phi) is 5.27. The zero-order valence-electron chi connectivity index (χ0n) is 17.7. The maximum atomic E-state index is 13.4. The van der Waals surface area contributed by atoms with Crippen LogP contribution < -0.4 is 0 Å². The van der Waals surface area contributed by atoms with Crippen LogP contribution in [0.4, 0.5) is 0 Å². The summed E-state index contributed by atoms with van der Waals surface area (Å²) in [5, 5.41) is 1.12. The van der Waals surface area contributed by atoms with Gasteiger partial charge in [0.15, 0.2) is 5.89 Å². The molecule has 5 rings (SSSR count). The van der Waals surface area contributed by atoms with Crippen LogP contribution in [0.15, 0.2) is 28.7 Å². The molecule has 2 amide bonds. The van der Waals surface area contributed by atoms with Crippen molar-refractivity contribution in [3.8, 4) is 0 Å². The monoisotopic (exact) mass is 439 g/mol. The van der Waals surface area contributed by atoms with Crippen molar-refractivity contribution in [3.05, 3.63) is 52.1 Å². The zero-order chi connectivity index (χ0) is 21.5. The number of nitrogens with zero attached hydrogens (tertiary/aromatic N) is 3. The third-order valence-electron chi connectivity index (χ3n) is 6.11. The van der Waals surface area contributed by atoms with Crippen LogP contribution in [-0.4, -0.2) is 66.0 Å². The Morgan fingerprint density at radius 3 is 2.58 bits per heavy atom. The van der Waals surface area contributed by atoms with Gasteiger partial charge in [0.05, 0.1) is 23.8 Å². The van der Waals surface area contributed by atoms with Gasteiger partial charge in [-0.1, -0.05) is 18.2 Å². The van der Waals surface area contributed by atoms with Crippen molar-refractivity contribution in [1.82, 2.24) is 14.8 Å². The predicted octanol–water partition coefficient (Wildman–Crippen LogP) is 3.61. The topological polar surface area (TPSA) is 75.9 Å². The van der Waals surface area contributed by atoms with Crippen LogP contribution in [0.3, 0.4) is 0 Å². The summed E-state index contributed by atoms with van der Waals surface area (Å²) >= 11 is 1.56. The number of benzene rings is 1. The van der Waals surface area contributed by atoms with E-state index in [0.717, 1.165) is 26.9 Å². The lowest BCUT2D eigenvalue weighted by molar-refractivity contribution is 0.0305. The number of carbonyl (C=O) groups excluding carboxylic acids is 2. The summed E-state index contributed by atoms with van der Waals surface area (Å²) in [6.07, 6.45) is 0.821. The fourth-order valence-electron chi connectivity index (χ4n) is 4.59. The highest BCUT2D eigenvalue weighted by atomic mass is 32.1. The van der Waals surface area contributed by atoms with E-state index in [2.05, 4.69) is 17.1 Å². The molecule has 2 aromatic heterocycles. The molecule has 0 bridgehead atoms. The average molecular weight is 440 g/mol. The SMILES string of the molecule is Cc1nc(C)c(C(=O)N2CC[C@H](c3c(C(=O)N4CCOCC4)sc4ccccc34)C2)o1. The summed E-state index contributed by atoms with van der Waals surface area (Å²) in [5.41, 5.74) is 1.70. The van der Waals surface area contributed by atoms with Crippen molar-refractivity contribution in [2.24, 2.45) is 0 Å². The van der Waals surface area contributed by atoms with Crippen LogP contribution >= 0.6 is 11.3 Å². The number of oxazole rings is 1. The number of morpholine rings is 1. The van der Waals surface area contributed by atoms with Gasteiger partial charge in [0.2, 0.25) is 5.76 Å². The van der Waals surface area contributed by atoms with E-state index in [0.29, 0.717) is 56.7 Å². The van der Waals surface area contributed by atoms with Crippen molar-refractivity contribution in [2.75, 3.05) is 39.4 Å². The molecule has 4 heterocycles. The number of hydrogen-bond acceptors (Lipinski definition) is 6. The lowest BCUT2D eigenvalue weighted by atomic mass is 9.94. The maximum Gasteiger partial charge on any atom is 0.291 e. The van der Waals surface area contributed by atoms with Gasteiger partial charge in [0, 0.05) is 43.7 Å². The van der Waals surface area contributed by atoms with Crippen LogP contribution in [0, 0.1) is 13.8 Å². The number of hydrogen-bond donors (Lipinski definition) is 0. The number of rotatable bonds is 3. The first-order valence-electron chi connectivity index (χ1n) is 10.6. The Morgan fingerprint density at radius 2 is 1.84 bits per heavy atom. The molecule has 8 heteroatoms. The van der Waals surface area contributed by atoms with Gasteiger partial charge in [-0.05, 0) is 30.4 Å². The minimum atomic E-state index is -0.124. The molecule has 2 fully saturated rings. The molecule has 1 atom stereocenters. The second-order valence-electron chi connectivity index (χ2n) is 8.13. The van der Waals surface area contributed by atoms with Crippen LogP contribution in [0.1, 0.15) is 49.7 Å². The molecule has 0 saturated carbocycles. The molecule has 2 aliphatic heterocycles. The summed E-state index contributed by atoms with van der Waals surface area (Å²) in [6.45, 7) is 7.14. The number of likely N-dealkylation sites (tertiary alicyclic amines) is 1. The average Bonchev–Trinajstić information content (AvgIpc) is 3.49.